The maximum absolute atomic E-state index is 12.4. The molecule has 6 heteroatoms. The molecule has 1 N–H and O–H groups in total. The molecule has 0 spiro atoms. The molecule has 0 saturated heterocycles. The Balaban J connectivity index is 1.59. The topological polar surface area (TPSA) is 65.4 Å². The first-order valence-electron chi connectivity index (χ1n) is 8.63. The number of ether oxygens (including phenoxy) is 2. The molecule has 3 rings (SSSR count). The van der Waals surface area contributed by atoms with Gasteiger partial charge in [-0.15, -0.1) is 0 Å². The lowest BCUT2D eigenvalue weighted by Gasteiger charge is -2.23. The fourth-order valence-corrected chi connectivity index (χ4v) is 3.42. The summed E-state index contributed by atoms with van der Waals surface area (Å²) >= 11 is 0. The summed E-state index contributed by atoms with van der Waals surface area (Å²) in [6.07, 6.45) is 6.08. The summed E-state index contributed by atoms with van der Waals surface area (Å²) in [5.41, 5.74) is 3.45. The SMILES string of the molecule is COc1ccc(CCC(=O)N[C@H]2CCCc3c2cnn3C)cc1OC. The van der Waals surface area contributed by atoms with Gasteiger partial charge in [0.2, 0.25) is 5.91 Å². The number of aryl methyl sites for hydroxylation is 2. The van der Waals surface area contributed by atoms with Gasteiger partial charge >= 0.3 is 0 Å². The minimum atomic E-state index is 0.0662. The molecule has 1 atom stereocenters. The number of aromatic nitrogens is 2. The Bertz CT molecular complexity index is 754. The van der Waals surface area contributed by atoms with Gasteiger partial charge in [0.25, 0.3) is 0 Å². The fraction of sp³-hybridized carbons (Fsp3) is 0.474. The molecular weight excluding hydrogens is 318 g/mol. The van der Waals surface area contributed by atoms with Gasteiger partial charge in [0, 0.05) is 24.7 Å². The van der Waals surface area contributed by atoms with Gasteiger partial charge in [0.1, 0.15) is 0 Å². The predicted octanol–water partition coefficient (Wildman–Crippen LogP) is 2.56. The molecule has 25 heavy (non-hydrogen) atoms. The second-order valence-corrected chi connectivity index (χ2v) is 6.37. The van der Waals surface area contributed by atoms with Crippen LogP contribution in [0.3, 0.4) is 0 Å². The normalized spacial score (nSPS) is 16.2. The smallest absolute Gasteiger partial charge is 0.220 e. The molecule has 0 saturated carbocycles. The highest BCUT2D eigenvalue weighted by molar-refractivity contribution is 5.76. The summed E-state index contributed by atoms with van der Waals surface area (Å²) in [4.78, 5) is 12.4. The molecule has 1 aliphatic rings. The monoisotopic (exact) mass is 343 g/mol. The van der Waals surface area contributed by atoms with Crippen LogP contribution in [0.25, 0.3) is 0 Å². The lowest BCUT2D eigenvalue weighted by molar-refractivity contribution is -0.121. The van der Waals surface area contributed by atoms with Crippen LogP contribution in [-0.4, -0.2) is 29.9 Å². The second-order valence-electron chi connectivity index (χ2n) is 6.37. The minimum absolute atomic E-state index is 0.0662. The lowest BCUT2D eigenvalue weighted by Crippen LogP contribution is -2.31. The van der Waals surface area contributed by atoms with E-state index < -0.39 is 0 Å². The number of benzene rings is 1. The molecule has 0 bridgehead atoms. The van der Waals surface area contributed by atoms with Gasteiger partial charge in [-0.25, -0.2) is 0 Å². The Labute approximate surface area is 148 Å². The quantitative estimate of drug-likeness (QED) is 0.875. The van der Waals surface area contributed by atoms with Gasteiger partial charge in [-0.05, 0) is 43.4 Å². The number of nitrogens with zero attached hydrogens (tertiary/aromatic N) is 2. The Morgan fingerprint density at radius 1 is 1.32 bits per heavy atom. The Morgan fingerprint density at radius 2 is 2.12 bits per heavy atom. The van der Waals surface area contributed by atoms with Crippen molar-refractivity contribution in [3.8, 4) is 11.5 Å². The summed E-state index contributed by atoms with van der Waals surface area (Å²) in [7, 11) is 5.19. The van der Waals surface area contributed by atoms with Crippen LogP contribution < -0.4 is 14.8 Å². The van der Waals surface area contributed by atoms with Gasteiger partial charge in [-0.2, -0.15) is 5.10 Å². The summed E-state index contributed by atoms with van der Waals surface area (Å²) in [6, 6.07) is 5.84. The minimum Gasteiger partial charge on any atom is -0.493 e. The van der Waals surface area contributed by atoms with Crippen molar-refractivity contribution in [1.29, 1.82) is 0 Å². The summed E-state index contributed by atoms with van der Waals surface area (Å²) in [5.74, 6) is 1.45. The molecule has 2 aromatic rings. The fourth-order valence-electron chi connectivity index (χ4n) is 3.42. The third-order valence-electron chi connectivity index (χ3n) is 4.80. The highest BCUT2D eigenvalue weighted by atomic mass is 16.5. The van der Waals surface area contributed by atoms with Crippen molar-refractivity contribution >= 4 is 5.91 Å². The standard InChI is InChI=1S/C19H25N3O3/c1-22-16-6-4-5-15(14(16)12-20-22)21-19(23)10-8-13-7-9-17(24-2)18(11-13)25-3/h7,9,11-12,15H,4-6,8,10H2,1-3H3,(H,21,23)/t15-/m0/s1. The van der Waals surface area contributed by atoms with E-state index in [2.05, 4.69) is 10.4 Å². The Morgan fingerprint density at radius 3 is 2.88 bits per heavy atom. The first-order valence-corrected chi connectivity index (χ1v) is 8.63. The zero-order valence-corrected chi connectivity index (χ0v) is 15.0. The van der Waals surface area contributed by atoms with Gasteiger partial charge in [0.05, 0.1) is 26.5 Å². The number of hydrogen-bond donors (Lipinski definition) is 1. The van der Waals surface area contributed by atoms with Gasteiger partial charge in [-0.1, -0.05) is 6.07 Å². The van der Waals surface area contributed by atoms with Crippen molar-refractivity contribution in [2.24, 2.45) is 7.05 Å². The number of hydrogen-bond acceptors (Lipinski definition) is 4. The number of carbonyl (C=O) groups is 1. The molecule has 1 aliphatic carbocycles. The predicted molar refractivity (Wildman–Crippen MR) is 94.9 cm³/mol. The molecule has 0 aliphatic heterocycles. The molecule has 1 heterocycles. The highest BCUT2D eigenvalue weighted by Gasteiger charge is 2.24. The first kappa shape index (κ1) is 17.3. The molecule has 1 amide bonds. The average Bonchev–Trinajstić information content (AvgIpc) is 3.02. The van der Waals surface area contributed by atoms with Crippen LogP contribution >= 0.6 is 0 Å². The maximum Gasteiger partial charge on any atom is 0.220 e. The molecule has 6 nitrogen and oxygen atoms in total. The number of rotatable bonds is 6. The largest absolute Gasteiger partial charge is 0.493 e. The van der Waals surface area contributed by atoms with E-state index in [1.165, 1.54) is 5.69 Å². The molecule has 134 valence electrons. The van der Waals surface area contributed by atoms with Crippen molar-refractivity contribution in [2.75, 3.05) is 14.2 Å². The van der Waals surface area contributed by atoms with E-state index in [1.54, 1.807) is 14.2 Å². The van der Waals surface area contributed by atoms with Crippen LogP contribution in [0, 0.1) is 0 Å². The zero-order valence-electron chi connectivity index (χ0n) is 15.0. The van der Waals surface area contributed by atoms with E-state index in [4.69, 9.17) is 9.47 Å². The van der Waals surface area contributed by atoms with E-state index in [0.717, 1.165) is 30.4 Å². The number of fused-ring (bicyclic) bond motifs is 1. The van der Waals surface area contributed by atoms with E-state index in [-0.39, 0.29) is 11.9 Å². The van der Waals surface area contributed by atoms with Crippen LogP contribution in [-0.2, 0) is 24.7 Å². The maximum atomic E-state index is 12.4. The van der Waals surface area contributed by atoms with Crippen LogP contribution in [0.15, 0.2) is 24.4 Å². The van der Waals surface area contributed by atoms with Crippen LogP contribution in [0.1, 0.15) is 42.1 Å². The van der Waals surface area contributed by atoms with E-state index in [9.17, 15) is 4.79 Å². The lowest BCUT2D eigenvalue weighted by atomic mass is 9.93. The van der Waals surface area contributed by atoms with Crippen molar-refractivity contribution in [1.82, 2.24) is 15.1 Å². The third-order valence-corrected chi connectivity index (χ3v) is 4.80. The average molecular weight is 343 g/mol. The summed E-state index contributed by atoms with van der Waals surface area (Å²) in [6.45, 7) is 0. The van der Waals surface area contributed by atoms with Crippen LogP contribution in [0.2, 0.25) is 0 Å². The molecule has 1 aromatic carbocycles. The van der Waals surface area contributed by atoms with Crippen molar-refractivity contribution in [3.63, 3.8) is 0 Å². The van der Waals surface area contributed by atoms with E-state index >= 15 is 0 Å². The second kappa shape index (κ2) is 7.59. The summed E-state index contributed by atoms with van der Waals surface area (Å²) in [5, 5.41) is 7.49. The van der Waals surface area contributed by atoms with Crippen LogP contribution in [0.5, 0.6) is 11.5 Å². The van der Waals surface area contributed by atoms with E-state index in [1.807, 2.05) is 36.1 Å². The highest BCUT2D eigenvalue weighted by Crippen LogP contribution is 2.30. The number of amides is 1. The van der Waals surface area contributed by atoms with Crippen molar-refractivity contribution in [2.45, 2.75) is 38.1 Å². The molecule has 0 unspecified atom stereocenters. The molecular formula is C19H25N3O3. The number of methoxy groups -OCH3 is 2. The number of nitrogens with one attached hydrogen (secondary N) is 1. The third kappa shape index (κ3) is 3.78. The Kier molecular flexibility index (Phi) is 5.26. The van der Waals surface area contributed by atoms with Crippen molar-refractivity contribution < 1.29 is 14.3 Å². The van der Waals surface area contributed by atoms with Crippen molar-refractivity contribution in [3.05, 3.63) is 41.2 Å². The molecule has 0 radical (unpaired) electrons. The van der Waals surface area contributed by atoms with E-state index in [0.29, 0.717) is 24.3 Å². The number of carbonyl (C=O) groups excluding carboxylic acids is 1. The van der Waals surface area contributed by atoms with Gasteiger partial charge in [0.15, 0.2) is 11.5 Å². The summed E-state index contributed by atoms with van der Waals surface area (Å²) < 4.78 is 12.5. The zero-order chi connectivity index (χ0) is 17.8. The molecule has 0 fully saturated rings. The Hall–Kier alpha value is -2.50. The van der Waals surface area contributed by atoms with Crippen LogP contribution in [0.4, 0.5) is 0 Å². The van der Waals surface area contributed by atoms with Gasteiger partial charge < -0.3 is 14.8 Å². The van der Waals surface area contributed by atoms with Gasteiger partial charge in [-0.3, -0.25) is 9.48 Å². The first-order chi connectivity index (χ1) is 12.1. The molecule has 1 aromatic heterocycles.